The van der Waals surface area contributed by atoms with Crippen molar-refractivity contribution in [1.82, 2.24) is 0 Å². The topological polar surface area (TPSA) is 77.8 Å². The summed E-state index contributed by atoms with van der Waals surface area (Å²) in [5.74, 6) is -1.08. The van der Waals surface area contributed by atoms with Crippen molar-refractivity contribution in [3.63, 3.8) is 0 Å². The van der Waals surface area contributed by atoms with Crippen LogP contribution >= 0.6 is 0 Å². The van der Waals surface area contributed by atoms with Crippen LogP contribution < -0.4 is 0 Å². The molecule has 0 bridgehead atoms. The summed E-state index contributed by atoms with van der Waals surface area (Å²) in [6.45, 7) is 5.80. The lowest BCUT2D eigenvalue weighted by Crippen LogP contribution is -2.14. The Balaban J connectivity index is 3.36. The lowest BCUT2D eigenvalue weighted by molar-refractivity contribution is -0.0425. The molecule has 1 rings (SSSR count). The van der Waals surface area contributed by atoms with Crippen LogP contribution in [0.15, 0.2) is 18.2 Å². The van der Waals surface area contributed by atoms with Gasteiger partial charge >= 0.3 is 5.97 Å². The molecule has 88 valence electrons. The molecule has 0 amide bonds. The fourth-order valence-corrected chi connectivity index (χ4v) is 1.36. The highest BCUT2D eigenvalue weighted by molar-refractivity contribution is 5.88. The van der Waals surface area contributed by atoms with Gasteiger partial charge in [0.05, 0.1) is 5.56 Å². The Kier molecular flexibility index (Phi) is 3.35. The number of benzene rings is 1. The molecule has 16 heavy (non-hydrogen) atoms. The van der Waals surface area contributed by atoms with E-state index in [2.05, 4.69) is 0 Å². The number of aliphatic hydroxyl groups is 2. The van der Waals surface area contributed by atoms with Crippen molar-refractivity contribution in [1.29, 1.82) is 0 Å². The molecule has 4 heteroatoms. The Hall–Kier alpha value is -1.39. The Morgan fingerprint density at radius 3 is 2.12 bits per heavy atom. The minimum Gasteiger partial charge on any atom is -0.478 e. The van der Waals surface area contributed by atoms with Crippen molar-refractivity contribution >= 4 is 5.97 Å². The first-order chi connectivity index (χ1) is 7.21. The van der Waals surface area contributed by atoms with Crippen LogP contribution in [0.4, 0.5) is 0 Å². The van der Waals surface area contributed by atoms with Gasteiger partial charge in [0.25, 0.3) is 0 Å². The molecule has 0 aliphatic rings. The van der Waals surface area contributed by atoms with Crippen molar-refractivity contribution in [3.05, 3.63) is 34.9 Å². The van der Waals surface area contributed by atoms with Crippen molar-refractivity contribution in [2.24, 2.45) is 0 Å². The Morgan fingerprint density at radius 2 is 1.75 bits per heavy atom. The predicted octanol–water partition coefficient (Wildman–Crippen LogP) is 1.67. The molecule has 0 unspecified atom stereocenters. The molecule has 0 spiro atoms. The SMILES string of the molecule is CC(C)(C)c1cc(C(=O)O)cc(C(O)O)c1. The van der Waals surface area contributed by atoms with Crippen molar-refractivity contribution < 1.29 is 20.1 Å². The minimum atomic E-state index is -1.65. The van der Waals surface area contributed by atoms with Crippen molar-refractivity contribution in [2.45, 2.75) is 32.5 Å². The molecule has 3 N–H and O–H groups in total. The van der Waals surface area contributed by atoms with Gasteiger partial charge in [-0.3, -0.25) is 0 Å². The summed E-state index contributed by atoms with van der Waals surface area (Å²) >= 11 is 0. The zero-order valence-electron chi connectivity index (χ0n) is 9.56. The number of carbonyl (C=O) groups is 1. The van der Waals surface area contributed by atoms with Crippen LogP contribution in [0.3, 0.4) is 0 Å². The van der Waals surface area contributed by atoms with Crippen LogP contribution in [0.5, 0.6) is 0 Å². The van der Waals surface area contributed by atoms with Crippen LogP contribution in [0.1, 0.15) is 48.5 Å². The van der Waals surface area contributed by atoms with E-state index in [1.54, 1.807) is 12.1 Å². The molecular formula is C12H16O4. The van der Waals surface area contributed by atoms with E-state index >= 15 is 0 Å². The molecular weight excluding hydrogens is 208 g/mol. The van der Waals surface area contributed by atoms with E-state index in [9.17, 15) is 4.79 Å². The summed E-state index contributed by atoms with van der Waals surface area (Å²) in [5.41, 5.74) is 0.783. The van der Waals surface area contributed by atoms with Gasteiger partial charge in [-0.1, -0.05) is 26.8 Å². The average Bonchev–Trinajstić information content (AvgIpc) is 2.15. The number of rotatable bonds is 2. The molecule has 1 aromatic carbocycles. The maximum absolute atomic E-state index is 10.9. The van der Waals surface area contributed by atoms with E-state index in [0.29, 0.717) is 0 Å². The lowest BCUT2D eigenvalue weighted by atomic mass is 9.85. The average molecular weight is 224 g/mol. The van der Waals surface area contributed by atoms with Crippen LogP contribution in [-0.2, 0) is 5.41 Å². The predicted molar refractivity (Wildman–Crippen MR) is 59.3 cm³/mol. The molecule has 0 saturated heterocycles. The minimum absolute atomic E-state index is 0.0653. The molecule has 1 aromatic rings. The highest BCUT2D eigenvalue weighted by Gasteiger charge is 2.18. The fourth-order valence-electron chi connectivity index (χ4n) is 1.36. The maximum atomic E-state index is 10.9. The molecule has 0 heterocycles. The van der Waals surface area contributed by atoms with Gasteiger partial charge < -0.3 is 15.3 Å². The zero-order valence-corrected chi connectivity index (χ0v) is 9.56. The van der Waals surface area contributed by atoms with Gasteiger partial charge in [0.1, 0.15) is 0 Å². The number of hydrogen-bond acceptors (Lipinski definition) is 3. The lowest BCUT2D eigenvalue weighted by Gasteiger charge is -2.21. The second-order valence-electron chi connectivity index (χ2n) is 4.77. The number of carboxylic acid groups (broad SMARTS) is 1. The molecule has 0 aliphatic heterocycles. The van der Waals surface area contributed by atoms with E-state index in [4.69, 9.17) is 15.3 Å². The standard InChI is InChI=1S/C12H16O4/c1-12(2,3)9-5-7(10(13)14)4-8(6-9)11(15)16/h4-6,10,13-14H,1-3H3,(H,15,16). The number of hydrogen-bond donors (Lipinski definition) is 3. The second kappa shape index (κ2) is 4.23. The highest BCUT2D eigenvalue weighted by Crippen LogP contribution is 2.26. The van der Waals surface area contributed by atoms with Crippen LogP contribution in [0.25, 0.3) is 0 Å². The molecule has 0 aromatic heterocycles. The Labute approximate surface area is 94.2 Å². The summed E-state index contributed by atoms with van der Waals surface area (Å²) in [6.07, 6.45) is -1.65. The first-order valence-corrected chi connectivity index (χ1v) is 4.96. The summed E-state index contributed by atoms with van der Waals surface area (Å²) in [5, 5.41) is 27.1. The number of aromatic carboxylic acids is 1. The monoisotopic (exact) mass is 224 g/mol. The largest absolute Gasteiger partial charge is 0.478 e. The smallest absolute Gasteiger partial charge is 0.335 e. The maximum Gasteiger partial charge on any atom is 0.335 e. The van der Waals surface area contributed by atoms with E-state index in [0.717, 1.165) is 5.56 Å². The van der Waals surface area contributed by atoms with Crippen LogP contribution in [0.2, 0.25) is 0 Å². The molecule has 0 radical (unpaired) electrons. The van der Waals surface area contributed by atoms with Crippen LogP contribution in [-0.4, -0.2) is 21.3 Å². The third-order valence-electron chi connectivity index (χ3n) is 2.37. The van der Waals surface area contributed by atoms with E-state index in [1.807, 2.05) is 20.8 Å². The molecule has 0 saturated carbocycles. The quantitative estimate of drug-likeness (QED) is 0.668. The van der Waals surface area contributed by atoms with E-state index in [1.165, 1.54) is 6.07 Å². The summed E-state index contributed by atoms with van der Waals surface area (Å²) in [4.78, 5) is 10.9. The Morgan fingerprint density at radius 1 is 1.19 bits per heavy atom. The van der Waals surface area contributed by atoms with Gasteiger partial charge in [-0.05, 0) is 23.1 Å². The number of aliphatic hydroxyl groups excluding tert-OH is 1. The third kappa shape index (κ3) is 2.81. The van der Waals surface area contributed by atoms with Gasteiger partial charge in [0.2, 0.25) is 0 Å². The van der Waals surface area contributed by atoms with Gasteiger partial charge in [-0.25, -0.2) is 4.79 Å². The number of carboxylic acids is 1. The summed E-state index contributed by atoms with van der Waals surface area (Å²) in [7, 11) is 0. The van der Waals surface area contributed by atoms with E-state index < -0.39 is 12.3 Å². The van der Waals surface area contributed by atoms with Gasteiger partial charge in [0.15, 0.2) is 6.29 Å². The van der Waals surface area contributed by atoms with Crippen molar-refractivity contribution in [3.8, 4) is 0 Å². The molecule has 0 fully saturated rings. The van der Waals surface area contributed by atoms with Gasteiger partial charge in [0, 0.05) is 5.56 Å². The molecule has 4 nitrogen and oxygen atoms in total. The van der Waals surface area contributed by atoms with Crippen molar-refractivity contribution in [2.75, 3.05) is 0 Å². The highest BCUT2D eigenvalue weighted by atomic mass is 16.5. The van der Waals surface area contributed by atoms with Gasteiger partial charge in [-0.15, -0.1) is 0 Å². The second-order valence-corrected chi connectivity index (χ2v) is 4.77. The fraction of sp³-hybridized carbons (Fsp3) is 0.417. The van der Waals surface area contributed by atoms with Crippen LogP contribution in [0, 0.1) is 0 Å². The first kappa shape index (κ1) is 12.7. The summed E-state index contributed by atoms with van der Waals surface area (Å²) < 4.78 is 0. The zero-order chi connectivity index (χ0) is 12.5. The van der Waals surface area contributed by atoms with E-state index in [-0.39, 0.29) is 16.5 Å². The summed E-state index contributed by atoms with van der Waals surface area (Å²) in [6, 6.07) is 4.42. The first-order valence-electron chi connectivity index (χ1n) is 4.96. The molecule has 0 atom stereocenters. The normalized spacial score (nSPS) is 11.9. The Bertz CT molecular complexity index is 402. The molecule has 0 aliphatic carbocycles. The third-order valence-corrected chi connectivity index (χ3v) is 2.37. The van der Waals surface area contributed by atoms with Gasteiger partial charge in [-0.2, -0.15) is 0 Å².